The van der Waals surface area contributed by atoms with Crippen molar-refractivity contribution >= 4 is 10.9 Å². The molecule has 2 aromatic rings. The van der Waals surface area contributed by atoms with Crippen LogP contribution in [0.1, 0.15) is 76.8 Å². The Balaban J connectivity index is 1.82. The summed E-state index contributed by atoms with van der Waals surface area (Å²) in [5, 5.41) is 11.1. The maximum Gasteiger partial charge on any atom is 0.190 e. The first-order valence-corrected chi connectivity index (χ1v) is 11.7. The van der Waals surface area contributed by atoms with Gasteiger partial charge in [0.15, 0.2) is 5.43 Å². The van der Waals surface area contributed by atoms with Gasteiger partial charge in [-0.25, -0.2) is 0 Å². The lowest BCUT2D eigenvalue weighted by molar-refractivity contribution is 0.187. The predicted octanol–water partition coefficient (Wildman–Crippen LogP) is 5.64. The zero-order valence-electron chi connectivity index (χ0n) is 19.2. The third-order valence-electron chi connectivity index (χ3n) is 5.63. The van der Waals surface area contributed by atoms with E-state index in [0.29, 0.717) is 29.0 Å². The summed E-state index contributed by atoms with van der Waals surface area (Å²) in [6.45, 7) is 3.61. The van der Waals surface area contributed by atoms with Gasteiger partial charge < -0.3 is 14.8 Å². The molecule has 0 spiro atoms. The largest absolute Gasteiger partial charge is 0.492 e. The van der Waals surface area contributed by atoms with E-state index in [1.165, 1.54) is 56.1 Å². The monoisotopic (exact) mass is 416 g/mol. The number of pyridine rings is 1. The predicted molar refractivity (Wildman–Crippen MR) is 125 cm³/mol. The molecule has 0 unspecified atom stereocenters. The lowest BCUT2D eigenvalue weighted by atomic mass is 10.0. The van der Waals surface area contributed by atoms with Gasteiger partial charge >= 0.3 is 0 Å². The molecule has 1 aromatic carbocycles. The molecule has 0 saturated carbocycles. The number of nitrogens with zero attached hydrogens (tertiary/aromatic N) is 2. The van der Waals surface area contributed by atoms with E-state index in [2.05, 4.69) is 6.92 Å². The molecule has 0 aliphatic heterocycles. The Bertz CT molecular complexity index is 814. The minimum Gasteiger partial charge on any atom is -0.492 e. The molecule has 0 aliphatic rings. The van der Waals surface area contributed by atoms with E-state index in [1.807, 2.05) is 25.1 Å². The lowest BCUT2D eigenvalue weighted by Crippen LogP contribution is -2.19. The molecule has 0 bridgehead atoms. The molecule has 0 fully saturated rings. The third-order valence-corrected chi connectivity index (χ3v) is 5.63. The summed E-state index contributed by atoms with van der Waals surface area (Å²) in [6.07, 6.45) is 13.4. The van der Waals surface area contributed by atoms with Gasteiger partial charge in [0.2, 0.25) is 0 Å². The van der Waals surface area contributed by atoms with Gasteiger partial charge in [-0.3, -0.25) is 4.79 Å². The van der Waals surface area contributed by atoms with E-state index in [1.54, 1.807) is 18.2 Å². The number of aryl methyl sites for hydroxylation is 1. The van der Waals surface area contributed by atoms with Crippen molar-refractivity contribution in [2.45, 2.75) is 77.6 Å². The first-order chi connectivity index (χ1) is 14.5. The lowest BCUT2D eigenvalue weighted by Gasteiger charge is -2.13. The first kappa shape index (κ1) is 24.3. The quantitative estimate of drug-likeness (QED) is 0.301. The topological polar surface area (TPSA) is 54.7 Å². The molecule has 168 valence electrons. The fraction of sp³-hybridized carbons (Fsp3) is 0.640. The fourth-order valence-corrected chi connectivity index (χ4v) is 3.75. The van der Waals surface area contributed by atoms with Crippen LogP contribution in [0.2, 0.25) is 0 Å². The first-order valence-electron chi connectivity index (χ1n) is 11.7. The van der Waals surface area contributed by atoms with E-state index >= 15 is 0 Å². The van der Waals surface area contributed by atoms with Gasteiger partial charge in [-0.1, -0.05) is 64.7 Å². The number of rotatable bonds is 15. The molecule has 1 aromatic heterocycles. The van der Waals surface area contributed by atoms with Crippen LogP contribution in [-0.2, 0) is 6.42 Å². The van der Waals surface area contributed by atoms with Gasteiger partial charge in [0.05, 0.1) is 16.6 Å². The van der Waals surface area contributed by atoms with Crippen LogP contribution in [0.25, 0.3) is 10.9 Å². The normalized spacial score (nSPS) is 11.5. The minimum atomic E-state index is -0.0598. The van der Waals surface area contributed by atoms with Crippen molar-refractivity contribution in [1.29, 1.82) is 0 Å². The Kier molecular flexibility index (Phi) is 10.8. The van der Waals surface area contributed by atoms with Crippen LogP contribution in [0, 0.1) is 0 Å². The SMILES string of the molecule is CCCCCCCCCCCCc1cc(=O)c2cc(OCCN(C)C)ccc2n1O. The molecule has 30 heavy (non-hydrogen) atoms. The number of fused-ring (bicyclic) bond motifs is 1. The van der Waals surface area contributed by atoms with Gasteiger partial charge in [0.25, 0.3) is 0 Å². The van der Waals surface area contributed by atoms with Crippen molar-refractivity contribution in [3.8, 4) is 5.75 Å². The Labute approximate surface area is 181 Å². The second-order valence-corrected chi connectivity index (χ2v) is 8.57. The Morgan fingerprint density at radius 3 is 2.20 bits per heavy atom. The van der Waals surface area contributed by atoms with Crippen LogP contribution in [0.5, 0.6) is 5.75 Å². The van der Waals surface area contributed by atoms with Crippen LogP contribution in [0.3, 0.4) is 0 Å². The minimum absolute atomic E-state index is 0.0598. The zero-order chi connectivity index (χ0) is 21.8. The molecule has 5 heteroatoms. The number of hydrogen-bond donors (Lipinski definition) is 1. The average Bonchev–Trinajstić information content (AvgIpc) is 2.72. The van der Waals surface area contributed by atoms with Crippen molar-refractivity contribution in [2.75, 3.05) is 27.2 Å². The van der Waals surface area contributed by atoms with Gasteiger partial charge in [-0.2, -0.15) is 4.73 Å². The number of hydrogen-bond acceptors (Lipinski definition) is 4. The van der Waals surface area contributed by atoms with Gasteiger partial charge in [-0.15, -0.1) is 0 Å². The smallest absolute Gasteiger partial charge is 0.190 e. The molecule has 1 heterocycles. The zero-order valence-corrected chi connectivity index (χ0v) is 19.2. The number of unbranched alkanes of at least 4 members (excludes halogenated alkanes) is 9. The van der Waals surface area contributed by atoms with Crippen LogP contribution < -0.4 is 10.2 Å². The second-order valence-electron chi connectivity index (χ2n) is 8.57. The summed E-state index contributed by atoms with van der Waals surface area (Å²) in [5.41, 5.74) is 1.17. The second kappa shape index (κ2) is 13.3. The van der Waals surface area contributed by atoms with Crippen molar-refractivity contribution in [3.05, 3.63) is 40.2 Å². The summed E-state index contributed by atoms with van der Waals surface area (Å²) in [7, 11) is 3.98. The highest BCUT2D eigenvalue weighted by Gasteiger charge is 2.10. The standard InChI is InChI=1S/C25H40N2O3/c1-4-5-6-7-8-9-10-11-12-13-14-21-19-25(28)23-20-22(30-18-17-26(2)3)15-16-24(23)27(21)29/h15-16,19-20,29H,4-14,17-18H2,1-3H3. The van der Waals surface area contributed by atoms with E-state index in [-0.39, 0.29) is 5.43 Å². The summed E-state index contributed by atoms with van der Waals surface area (Å²) < 4.78 is 6.89. The highest BCUT2D eigenvalue weighted by Crippen LogP contribution is 2.20. The molecule has 0 amide bonds. The molecule has 0 aliphatic carbocycles. The highest BCUT2D eigenvalue weighted by molar-refractivity contribution is 5.80. The molecular weight excluding hydrogens is 376 g/mol. The Hall–Kier alpha value is -2.01. The Morgan fingerprint density at radius 2 is 1.57 bits per heavy atom. The Morgan fingerprint density at radius 1 is 0.933 bits per heavy atom. The molecule has 2 rings (SSSR count). The van der Waals surface area contributed by atoms with E-state index in [9.17, 15) is 10.0 Å². The summed E-state index contributed by atoms with van der Waals surface area (Å²) in [6, 6.07) is 6.88. The van der Waals surface area contributed by atoms with Crippen molar-refractivity contribution in [3.63, 3.8) is 0 Å². The van der Waals surface area contributed by atoms with E-state index < -0.39 is 0 Å². The number of benzene rings is 1. The maximum absolute atomic E-state index is 12.6. The number of aromatic nitrogens is 1. The highest BCUT2D eigenvalue weighted by atomic mass is 16.5. The van der Waals surface area contributed by atoms with Gasteiger partial charge in [0.1, 0.15) is 12.4 Å². The third kappa shape index (κ3) is 8.02. The molecule has 1 N–H and O–H groups in total. The van der Waals surface area contributed by atoms with Gasteiger partial charge in [0, 0.05) is 12.6 Å². The van der Waals surface area contributed by atoms with Crippen molar-refractivity contribution in [1.82, 2.24) is 9.63 Å². The average molecular weight is 417 g/mol. The van der Waals surface area contributed by atoms with Crippen molar-refractivity contribution in [2.24, 2.45) is 0 Å². The molecule has 0 radical (unpaired) electrons. The van der Waals surface area contributed by atoms with E-state index in [0.717, 1.165) is 25.8 Å². The number of likely N-dealkylation sites (N-methyl/N-ethyl adjacent to an activating group) is 1. The summed E-state index contributed by atoms with van der Waals surface area (Å²) in [4.78, 5) is 14.6. The van der Waals surface area contributed by atoms with Gasteiger partial charge in [-0.05, 0) is 45.1 Å². The van der Waals surface area contributed by atoms with Crippen LogP contribution in [-0.4, -0.2) is 42.1 Å². The fourth-order valence-electron chi connectivity index (χ4n) is 3.75. The van der Waals surface area contributed by atoms with Crippen LogP contribution >= 0.6 is 0 Å². The van der Waals surface area contributed by atoms with E-state index in [4.69, 9.17) is 4.74 Å². The van der Waals surface area contributed by atoms with Crippen LogP contribution in [0.15, 0.2) is 29.1 Å². The maximum atomic E-state index is 12.6. The molecule has 5 nitrogen and oxygen atoms in total. The summed E-state index contributed by atoms with van der Waals surface area (Å²) >= 11 is 0. The van der Waals surface area contributed by atoms with Crippen molar-refractivity contribution < 1.29 is 9.94 Å². The molecule has 0 atom stereocenters. The molecule has 0 saturated heterocycles. The molecular formula is C25H40N2O3. The van der Waals surface area contributed by atoms with Crippen LogP contribution in [0.4, 0.5) is 0 Å². The summed E-state index contributed by atoms with van der Waals surface area (Å²) in [5.74, 6) is 0.656. The number of ether oxygens (including phenoxy) is 1.